The summed E-state index contributed by atoms with van der Waals surface area (Å²) in [5.74, 6) is 0.323. The Labute approximate surface area is 111 Å². The molecule has 1 aliphatic carbocycles. The normalized spacial score (nSPS) is 19.1. The highest BCUT2D eigenvalue weighted by Crippen LogP contribution is 2.41. The van der Waals surface area contributed by atoms with Crippen LogP contribution in [0.3, 0.4) is 0 Å². The Morgan fingerprint density at radius 1 is 1.50 bits per heavy atom. The highest BCUT2D eigenvalue weighted by Gasteiger charge is 2.52. The van der Waals surface area contributed by atoms with E-state index in [0.29, 0.717) is 12.0 Å². The molecule has 1 fully saturated rings. The van der Waals surface area contributed by atoms with E-state index in [-0.39, 0.29) is 5.97 Å². The first-order chi connectivity index (χ1) is 8.47. The van der Waals surface area contributed by atoms with Gasteiger partial charge in [-0.3, -0.25) is 0 Å². The lowest BCUT2D eigenvalue weighted by Crippen LogP contribution is -2.61. The Balaban J connectivity index is 2.85. The molecule has 4 heteroatoms. The lowest BCUT2D eigenvalue weighted by Gasteiger charge is -2.37. The molecule has 1 atom stereocenters. The van der Waals surface area contributed by atoms with Gasteiger partial charge in [0.15, 0.2) is 0 Å². The summed E-state index contributed by atoms with van der Waals surface area (Å²) in [6.07, 6.45) is 3.27. The number of likely N-dealkylation sites (N-methyl/N-ethyl adjacent to an activating group) is 1. The smallest absolute Gasteiger partial charge is 0.327 e. The first-order valence-electron chi connectivity index (χ1n) is 7.01. The highest BCUT2D eigenvalue weighted by atomic mass is 16.5. The number of nitrogens with one attached hydrogen (secondary N) is 1. The highest BCUT2D eigenvalue weighted by molar-refractivity contribution is 5.82. The van der Waals surface area contributed by atoms with Crippen molar-refractivity contribution in [3.8, 4) is 0 Å². The van der Waals surface area contributed by atoms with Gasteiger partial charge in [0.2, 0.25) is 0 Å². The molecule has 0 spiro atoms. The summed E-state index contributed by atoms with van der Waals surface area (Å²) in [4.78, 5) is 14.5. The minimum absolute atomic E-state index is 0.106. The molecule has 4 nitrogen and oxygen atoms in total. The van der Waals surface area contributed by atoms with Crippen LogP contribution in [0.2, 0.25) is 0 Å². The van der Waals surface area contributed by atoms with Gasteiger partial charge < -0.3 is 15.0 Å². The molecule has 1 saturated carbocycles. The van der Waals surface area contributed by atoms with Crippen LogP contribution in [-0.2, 0) is 9.53 Å². The SMILES string of the molecule is CCCNC(CN(C)C(C)C)(C(=O)OC)C1CC1. The second-order valence-corrected chi connectivity index (χ2v) is 5.67. The van der Waals surface area contributed by atoms with E-state index < -0.39 is 5.54 Å². The molecular weight excluding hydrogens is 228 g/mol. The van der Waals surface area contributed by atoms with Crippen molar-refractivity contribution in [2.24, 2.45) is 5.92 Å². The maximum absolute atomic E-state index is 12.3. The number of carbonyl (C=O) groups excluding carboxylic acids is 1. The Bertz CT molecular complexity index is 277. The number of esters is 1. The van der Waals surface area contributed by atoms with E-state index in [0.717, 1.165) is 32.4 Å². The van der Waals surface area contributed by atoms with Gasteiger partial charge in [-0.15, -0.1) is 0 Å². The summed E-state index contributed by atoms with van der Waals surface area (Å²) in [6.45, 7) is 8.00. The van der Waals surface area contributed by atoms with E-state index in [1.54, 1.807) is 0 Å². The van der Waals surface area contributed by atoms with Crippen LogP contribution in [0.5, 0.6) is 0 Å². The number of ether oxygens (including phenoxy) is 1. The van der Waals surface area contributed by atoms with Crippen LogP contribution in [0.25, 0.3) is 0 Å². The third-order valence-electron chi connectivity index (χ3n) is 3.89. The van der Waals surface area contributed by atoms with Crippen LogP contribution in [0.4, 0.5) is 0 Å². The lowest BCUT2D eigenvalue weighted by molar-refractivity contribution is -0.150. The maximum Gasteiger partial charge on any atom is 0.327 e. The van der Waals surface area contributed by atoms with Crippen LogP contribution < -0.4 is 5.32 Å². The lowest BCUT2D eigenvalue weighted by atomic mass is 9.91. The van der Waals surface area contributed by atoms with Gasteiger partial charge in [-0.05, 0) is 52.6 Å². The molecule has 0 heterocycles. The summed E-state index contributed by atoms with van der Waals surface area (Å²) in [7, 11) is 3.56. The van der Waals surface area contributed by atoms with Gasteiger partial charge in [0.1, 0.15) is 5.54 Å². The Hall–Kier alpha value is -0.610. The standard InChI is InChI=1S/C14H28N2O2/c1-6-9-15-14(12-7-8-12,13(17)18-5)10-16(4)11(2)3/h11-12,15H,6-10H2,1-5H3. The Kier molecular flexibility index (Phi) is 5.60. The molecule has 0 aliphatic heterocycles. The fraction of sp³-hybridized carbons (Fsp3) is 0.929. The zero-order chi connectivity index (χ0) is 13.8. The van der Waals surface area contributed by atoms with Crippen molar-refractivity contribution in [3.63, 3.8) is 0 Å². The quantitative estimate of drug-likeness (QED) is 0.671. The van der Waals surface area contributed by atoms with E-state index in [1.807, 2.05) is 0 Å². The van der Waals surface area contributed by atoms with Crippen LogP contribution in [0.15, 0.2) is 0 Å². The van der Waals surface area contributed by atoms with Gasteiger partial charge in [-0.2, -0.15) is 0 Å². The largest absolute Gasteiger partial charge is 0.468 e. The second kappa shape index (κ2) is 6.53. The van der Waals surface area contributed by atoms with Crippen LogP contribution in [0.1, 0.15) is 40.0 Å². The molecule has 0 bridgehead atoms. The molecule has 1 rings (SSSR count). The zero-order valence-corrected chi connectivity index (χ0v) is 12.5. The molecule has 18 heavy (non-hydrogen) atoms. The first kappa shape index (κ1) is 15.4. The van der Waals surface area contributed by atoms with Crippen molar-refractivity contribution < 1.29 is 9.53 Å². The van der Waals surface area contributed by atoms with Crippen molar-refractivity contribution in [2.75, 3.05) is 27.2 Å². The molecule has 0 saturated heterocycles. The summed E-state index contributed by atoms with van der Waals surface area (Å²) in [5, 5.41) is 3.47. The number of carbonyl (C=O) groups is 1. The molecule has 0 amide bonds. The van der Waals surface area contributed by atoms with E-state index in [9.17, 15) is 4.79 Å². The Morgan fingerprint density at radius 3 is 2.50 bits per heavy atom. The van der Waals surface area contributed by atoms with E-state index in [2.05, 4.69) is 38.0 Å². The predicted molar refractivity (Wildman–Crippen MR) is 73.5 cm³/mol. The van der Waals surface area contributed by atoms with E-state index in [4.69, 9.17) is 4.74 Å². The van der Waals surface area contributed by atoms with Crippen molar-refractivity contribution in [1.82, 2.24) is 10.2 Å². The molecule has 0 radical (unpaired) electrons. The molecule has 1 aliphatic rings. The zero-order valence-electron chi connectivity index (χ0n) is 12.5. The average molecular weight is 256 g/mol. The summed E-state index contributed by atoms with van der Waals surface area (Å²) in [5.41, 5.74) is -0.510. The fourth-order valence-electron chi connectivity index (χ4n) is 2.32. The maximum atomic E-state index is 12.3. The van der Waals surface area contributed by atoms with Gasteiger partial charge in [-0.25, -0.2) is 4.79 Å². The molecule has 1 unspecified atom stereocenters. The van der Waals surface area contributed by atoms with Crippen LogP contribution in [0, 0.1) is 5.92 Å². The summed E-state index contributed by atoms with van der Waals surface area (Å²) < 4.78 is 5.07. The molecule has 0 aromatic rings. The second-order valence-electron chi connectivity index (χ2n) is 5.67. The average Bonchev–Trinajstić information content (AvgIpc) is 3.17. The fourth-order valence-corrected chi connectivity index (χ4v) is 2.32. The van der Waals surface area contributed by atoms with E-state index >= 15 is 0 Å². The number of rotatable bonds is 8. The topological polar surface area (TPSA) is 41.6 Å². The van der Waals surface area contributed by atoms with Gasteiger partial charge in [0, 0.05) is 12.6 Å². The number of hydrogen-bond acceptors (Lipinski definition) is 4. The molecule has 106 valence electrons. The van der Waals surface area contributed by atoms with Crippen molar-refractivity contribution in [1.29, 1.82) is 0 Å². The third-order valence-corrected chi connectivity index (χ3v) is 3.89. The number of hydrogen-bond donors (Lipinski definition) is 1. The van der Waals surface area contributed by atoms with Gasteiger partial charge in [0.25, 0.3) is 0 Å². The molecule has 0 aromatic carbocycles. The molecule has 0 aromatic heterocycles. The van der Waals surface area contributed by atoms with Gasteiger partial charge in [0.05, 0.1) is 7.11 Å². The first-order valence-corrected chi connectivity index (χ1v) is 7.01. The van der Waals surface area contributed by atoms with Gasteiger partial charge >= 0.3 is 5.97 Å². The minimum Gasteiger partial charge on any atom is -0.468 e. The molecule has 1 N–H and O–H groups in total. The third kappa shape index (κ3) is 3.45. The predicted octanol–water partition coefficient (Wildman–Crippen LogP) is 1.65. The van der Waals surface area contributed by atoms with Crippen LogP contribution >= 0.6 is 0 Å². The monoisotopic (exact) mass is 256 g/mol. The summed E-state index contributed by atoms with van der Waals surface area (Å²) >= 11 is 0. The van der Waals surface area contributed by atoms with Crippen molar-refractivity contribution in [2.45, 2.75) is 51.6 Å². The van der Waals surface area contributed by atoms with E-state index in [1.165, 1.54) is 7.11 Å². The summed E-state index contributed by atoms with van der Waals surface area (Å²) in [6, 6.07) is 0.427. The Morgan fingerprint density at radius 2 is 2.11 bits per heavy atom. The molecular formula is C14H28N2O2. The minimum atomic E-state index is -0.510. The van der Waals surface area contributed by atoms with Crippen molar-refractivity contribution >= 4 is 5.97 Å². The number of nitrogens with zero attached hydrogens (tertiary/aromatic N) is 1. The van der Waals surface area contributed by atoms with Crippen LogP contribution in [-0.4, -0.2) is 49.7 Å². The number of methoxy groups -OCH3 is 1. The van der Waals surface area contributed by atoms with Gasteiger partial charge in [-0.1, -0.05) is 6.92 Å². The van der Waals surface area contributed by atoms with Crippen molar-refractivity contribution in [3.05, 3.63) is 0 Å².